The number of halogens is 2. The average molecular weight is 565 g/mol. The van der Waals surface area contributed by atoms with Crippen LogP contribution in [0.3, 0.4) is 0 Å². The lowest BCUT2D eigenvalue weighted by Crippen LogP contribution is -2.39. The predicted octanol–water partition coefficient (Wildman–Crippen LogP) is 3.25. The molecular weight excluding hydrogens is 528 g/mol. The Bertz CT molecular complexity index is 737. The molecule has 1 aliphatic heterocycles. The van der Waals surface area contributed by atoms with Crippen LogP contribution in [0.25, 0.3) is 0 Å². The Morgan fingerprint density at radius 3 is 2.50 bits per heavy atom. The van der Waals surface area contributed by atoms with Crippen LogP contribution in [0.1, 0.15) is 39.7 Å². The molecule has 0 spiro atoms. The minimum atomic E-state index is -0.507. The number of nitrogens with one attached hydrogen (secondary N) is 3. The number of carbonyl (C=O) groups excluding carboxylic acids is 1. The molecule has 1 aromatic rings. The number of alkyl carbamates (subject to hydrolysis) is 1. The first-order chi connectivity index (χ1) is 14.8. The Morgan fingerprint density at radius 1 is 1.19 bits per heavy atom. The number of nitrogens with zero attached hydrogens (tertiary/aromatic N) is 2. The van der Waals surface area contributed by atoms with Crippen molar-refractivity contribution in [3.8, 4) is 0 Å². The zero-order chi connectivity index (χ0) is 22.7. The van der Waals surface area contributed by atoms with E-state index >= 15 is 0 Å². The van der Waals surface area contributed by atoms with Crippen LogP contribution in [0.5, 0.6) is 0 Å². The maximum Gasteiger partial charge on any atom is 0.407 e. The molecule has 0 bridgehead atoms. The van der Waals surface area contributed by atoms with Gasteiger partial charge in [-0.1, -0.05) is 6.07 Å². The number of morpholine rings is 1. The van der Waals surface area contributed by atoms with Crippen LogP contribution in [0.4, 0.5) is 14.9 Å². The molecule has 0 atom stereocenters. The van der Waals surface area contributed by atoms with Gasteiger partial charge < -0.3 is 30.3 Å². The predicted molar refractivity (Wildman–Crippen MR) is 137 cm³/mol. The topological polar surface area (TPSA) is 87.2 Å². The fraction of sp³-hybridized carbons (Fsp3) is 0.636. The fourth-order valence-corrected chi connectivity index (χ4v) is 3.02. The molecule has 0 saturated carbocycles. The molecule has 1 heterocycles. The van der Waals surface area contributed by atoms with E-state index in [-0.39, 0.29) is 29.8 Å². The minimum Gasteiger partial charge on any atom is -0.444 e. The normalized spacial score (nSPS) is 14.4. The summed E-state index contributed by atoms with van der Waals surface area (Å²) in [4.78, 5) is 18.2. The monoisotopic (exact) mass is 565 g/mol. The lowest BCUT2D eigenvalue weighted by molar-refractivity contribution is 0.0527. The Hall–Kier alpha value is -1.82. The molecule has 1 aliphatic rings. The van der Waals surface area contributed by atoms with Crippen LogP contribution < -0.4 is 20.9 Å². The maximum absolute atomic E-state index is 14.6. The zero-order valence-corrected chi connectivity index (χ0v) is 21.8. The molecule has 0 unspecified atom stereocenters. The summed E-state index contributed by atoms with van der Waals surface area (Å²) in [7, 11) is 0. The number of hydrogen-bond donors (Lipinski definition) is 3. The molecule has 3 N–H and O–H groups in total. The van der Waals surface area contributed by atoms with Crippen molar-refractivity contribution in [3.63, 3.8) is 0 Å². The van der Waals surface area contributed by atoms with E-state index in [0.29, 0.717) is 70.6 Å². The number of carbonyl (C=O) groups is 1. The first-order valence-electron chi connectivity index (χ1n) is 10.9. The number of rotatable bonds is 8. The molecule has 8 nitrogen and oxygen atoms in total. The van der Waals surface area contributed by atoms with Crippen molar-refractivity contribution in [1.82, 2.24) is 16.0 Å². The molecule has 1 fully saturated rings. The van der Waals surface area contributed by atoms with Crippen LogP contribution >= 0.6 is 24.0 Å². The number of anilines is 1. The maximum atomic E-state index is 14.6. The van der Waals surface area contributed by atoms with Gasteiger partial charge in [0.25, 0.3) is 0 Å². The molecule has 0 aliphatic carbocycles. The number of ether oxygens (including phenoxy) is 2. The largest absolute Gasteiger partial charge is 0.444 e. The third-order valence-electron chi connectivity index (χ3n) is 4.44. The van der Waals surface area contributed by atoms with Gasteiger partial charge >= 0.3 is 6.09 Å². The van der Waals surface area contributed by atoms with Gasteiger partial charge in [-0.2, -0.15) is 0 Å². The lowest BCUT2D eigenvalue weighted by atomic mass is 10.1. The van der Waals surface area contributed by atoms with Gasteiger partial charge in [0.05, 0.1) is 25.4 Å². The molecule has 2 rings (SSSR count). The van der Waals surface area contributed by atoms with E-state index in [4.69, 9.17) is 9.47 Å². The van der Waals surface area contributed by atoms with E-state index in [1.54, 1.807) is 6.07 Å². The zero-order valence-electron chi connectivity index (χ0n) is 19.5. The molecule has 1 aromatic carbocycles. The van der Waals surface area contributed by atoms with Crippen LogP contribution in [0, 0.1) is 5.82 Å². The second-order valence-electron chi connectivity index (χ2n) is 8.29. The number of guanidine groups is 1. The van der Waals surface area contributed by atoms with E-state index in [9.17, 15) is 9.18 Å². The Kier molecular flexibility index (Phi) is 12.7. The first kappa shape index (κ1) is 28.2. The highest BCUT2D eigenvalue weighted by molar-refractivity contribution is 14.0. The van der Waals surface area contributed by atoms with Gasteiger partial charge in [0, 0.05) is 32.7 Å². The van der Waals surface area contributed by atoms with Crippen LogP contribution in [-0.4, -0.2) is 63.6 Å². The standard InChI is InChI=1S/C22H36FN5O3.HI/c1-5-24-20(25-9-6-10-26-21(29)31-22(2,3)4)27-16-17-7-8-19(18(23)15-17)28-11-13-30-14-12-28;/h7-8,15H,5-6,9-14,16H2,1-4H3,(H,26,29)(H2,24,25,27);1H. The van der Waals surface area contributed by atoms with E-state index in [1.165, 1.54) is 0 Å². The van der Waals surface area contributed by atoms with E-state index in [2.05, 4.69) is 20.9 Å². The van der Waals surface area contributed by atoms with Crippen molar-refractivity contribution in [3.05, 3.63) is 29.6 Å². The number of aliphatic imine (C=N–C) groups is 1. The van der Waals surface area contributed by atoms with Crippen molar-refractivity contribution >= 4 is 41.7 Å². The molecule has 1 saturated heterocycles. The van der Waals surface area contributed by atoms with E-state index < -0.39 is 11.7 Å². The van der Waals surface area contributed by atoms with Crippen LogP contribution in [-0.2, 0) is 16.0 Å². The molecule has 0 aromatic heterocycles. The number of benzene rings is 1. The van der Waals surface area contributed by atoms with Gasteiger partial charge in [0.1, 0.15) is 11.4 Å². The Morgan fingerprint density at radius 2 is 1.88 bits per heavy atom. The van der Waals surface area contributed by atoms with Crippen molar-refractivity contribution in [2.24, 2.45) is 4.99 Å². The Labute approximate surface area is 207 Å². The smallest absolute Gasteiger partial charge is 0.407 e. The highest BCUT2D eigenvalue weighted by atomic mass is 127. The van der Waals surface area contributed by atoms with Crippen molar-refractivity contribution in [1.29, 1.82) is 0 Å². The minimum absolute atomic E-state index is 0. The third kappa shape index (κ3) is 10.7. The summed E-state index contributed by atoms with van der Waals surface area (Å²) in [5.41, 5.74) is 0.907. The van der Waals surface area contributed by atoms with Gasteiger partial charge in [0.15, 0.2) is 5.96 Å². The highest BCUT2D eigenvalue weighted by Crippen LogP contribution is 2.22. The molecule has 1 amide bonds. The molecule has 0 radical (unpaired) electrons. The summed E-state index contributed by atoms with van der Waals surface area (Å²) in [6.07, 6.45) is 0.294. The molecule has 182 valence electrons. The lowest BCUT2D eigenvalue weighted by Gasteiger charge is -2.29. The number of hydrogen-bond acceptors (Lipinski definition) is 5. The summed E-state index contributed by atoms with van der Waals surface area (Å²) in [5, 5.41) is 9.12. The summed E-state index contributed by atoms with van der Waals surface area (Å²) >= 11 is 0. The summed E-state index contributed by atoms with van der Waals surface area (Å²) in [5.74, 6) is 0.415. The fourth-order valence-electron chi connectivity index (χ4n) is 3.02. The van der Waals surface area contributed by atoms with Crippen molar-refractivity contribution in [2.75, 3.05) is 50.8 Å². The average Bonchev–Trinajstić information content (AvgIpc) is 2.71. The quantitative estimate of drug-likeness (QED) is 0.194. The summed E-state index contributed by atoms with van der Waals surface area (Å²) < 4.78 is 25.1. The number of amides is 1. The van der Waals surface area contributed by atoms with Gasteiger partial charge in [0.2, 0.25) is 0 Å². The van der Waals surface area contributed by atoms with Crippen molar-refractivity contribution < 1.29 is 18.7 Å². The van der Waals surface area contributed by atoms with Gasteiger partial charge in [-0.15, -0.1) is 24.0 Å². The molecule has 10 heteroatoms. The van der Waals surface area contributed by atoms with E-state index in [1.807, 2.05) is 44.7 Å². The van der Waals surface area contributed by atoms with Gasteiger partial charge in [-0.3, -0.25) is 0 Å². The summed E-state index contributed by atoms with van der Waals surface area (Å²) in [6, 6.07) is 5.27. The van der Waals surface area contributed by atoms with Gasteiger partial charge in [-0.25, -0.2) is 14.2 Å². The molecular formula is C22H37FIN5O3. The second-order valence-corrected chi connectivity index (χ2v) is 8.29. The first-order valence-corrected chi connectivity index (χ1v) is 10.9. The third-order valence-corrected chi connectivity index (χ3v) is 4.44. The van der Waals surface area contributed by atoms with Crippen LogP contribution in [0.2, 0.25) is 0 Å². The van der Waals surface area contributed by atoms with Crippen LogP contribution in [0.15, 0.2) is 23.2 Å². The Balaban J connectivity index is 0.00000512. The van der Waals surface area contributed by atoms with E-state index in [0.717, 1.165) is 5.56 Å². The second kappa shape index (κ2) is 14.4. The highest BCUT2D eigenvalue weighted by Gasteiger charge is 2.16. The summed E-state index contributed by atoms with van der Waals surface area (Å²) in [6.45, 7) is 12.3. The van der Waals surface area contributed by atoms with Gasteiger partial charge in [-0.05, 0) is 51.8 Å². The molecule has 32 heavy (non-hydrogen) atoms. The van der Waals surface area contributed by atoms with Crippen molar-refractivity contribution in [2.45, 2.75) is 46.3 Å². The SMILES string of the molecule is CCNC(=NCc1ccc(N2CCOCC2)c(F)c1)NCCCNC(=O)OC(C)(C)C.I.